The smallest absolute Gasteiger partial charge is 0.114 e. The Bertz CT molecular complexity index is 653. The Hall–Kier alpha value is -1.72. The maximum absolute atomic E-state index is 4.65. The Balaban J connectivity index is 1.68. The van der Waals surface area contributed by atoms with Crippen LogP contribution in [-0.4, -0.2) is 27.6 Å². The Morgan fingerprint density at radius 1 is 1.30 bits per heavy atom. The number of thiazole rings is 1. The quantitative estimate of drug-likeness (QED) is 0.709. The van der Waals surface area contributed by atoms with E-state index in [1.54, 1.807) is 11.3 Å². The Labute approximate surface area is 122 Å². The number of hydrogen-bond acceptors (Lipinski definition) is 4. The molecule has 104 valence electrons. The minimum absolute atomic E-state index is 0.799. The van der Waals surface area contributed by atoms with Crippen molar-refractivity contribution in [1.82, 2.24) is 19.9 Å². The second kappa shape index (κ2) is 6.15. The van der Waals surface area contributed by atoms with E-state index in [0.717, 1.165) is 42.3 Å². The summed E-state index contributed by atoms with van der Waals surface area (Å²) in [5.74, 6) is 0. The van der Waals surface area contributed by atoms with Gasteiger partial charge >= 0.3 is 0 Å². The van der Waals surface area contributed by atoms with Gasteiger partial charge in [-0.15, -0.1) is 11.3 Å². The van der Waals surface area contributed by atoms with Gasteiger partial charge < -0.3 is 9.88 Å². The molecule has 0 fully saturated rings. The molecule has 0 aliphatic rings. The summed E-state index contributed by atoms with van der Waals surface area (Å²) in [5.41, 5.74) is 2.21. The molecule has 3 aromatic rings. The van der Waals surface area contributed by atoms with E-state index in [9.17, 15) is 0 Å². The molecule has 2 heterocycles. The van der Waals surface area contributed by atoms with Gasteiger partial charge in [0.2, 0.25) is 0 Å². The van der Waals surface area contributed by atoms with E-state index in [1.807, 2.05) is 12.4 Å². The summed E-state index contributed by atoms with van der Waals surface area (Å²) in [7, 11) is 0. The van der Waals surface area contributed by atoms with Crippen LogP contribution in [0.1, 0.15) is 17.6 Å². The Kier molecular flexibility index (Phi) is 4.08. The third-order valence-corrected chi connectivity index (χ3v) is 4.17. The largest absolute Gasteiger partial charge is 0.330 e. The lowest BCUT2D eigenvalue weighted by atomic mass is 10.3. The van der Waals surface area contributed by atoms with Gasteiger partial charge in [0.1, 0.15) is 5.01 Å². The van der Waals surface area contributed by atoms with E-state index < -0.39 is 0 Å². The molecule has 1 aromatic carbocycles. The number of rotatable bonds is 6. The minimum Gasteiger partial charge on any atom is -0.330 e. The number of likely N-dealkylation sites (N-methyl/N-ethyl adjacent to an activating group) is 1. The topological polar surface area (TPSA) is 42.7 Å². The molecule has 2 aromatic heterocycles. The summed E-state index contributed by atoms with van der Waals surface area (Å²) in [6.45, 7) is 4.90. The van der Waals surface area contributed by atoms with Crippen LogP contribution in [0.15, 0.2) is 36.8 Å². The molecule has 0 aliphatic heterocycles. The highest BCUT2D eigenvalue weighted by Crippen LogP contribution is 2.22. The third-order valence-electron chi connectivity index (χ3n) is 3.15. The Morgan fingerprint density at radius 2 is 2.20 bits per heavy atom. The van der Waals surface area contributed by atoms with Crippen molar-refractivity contribution in [3.8, 4) is 0 Å². The van der Waals surface area contributed by atoms with E-state index in [1.165, 1.54) is 4.70 Å². The third kappa shape index (κ3) is 3.05. The van der Waals surface area contributed by atoms with E-state index in [4.69, 9.17) is 0 Å². The molecule has 3 rings (SSSR count). The monoisotopic (exact) mass is 286 g/mol. The first kappa shape index (κ1) is 13.3. The summed E-state index contributed by atoms with van der Waals surface area (Å²) in [4.78, 5) is 9.09. The predicted octanol–water partition coefficient (Wildman–Crippen LogP) is 2.69. The van der Waals surface area contributed by atoms with Crippen LogP contribution in [0, 0.1) is 0 Å². The van der Waals surface area contributed by atoms with Crippen LogP contribution in [0.5, 0.6) is 0 Å². The van der Waals surface area contributed by atoms with Crippen LogP contribution in [-0.2, 0) is 13.0 Å². The number of nitrogens with zero attached hydrogens (tertiary/aromatic N) is 3. The predicted molar refractivity (Wildman–Crippen MR) is 83.2 cm³/mol. The van der Waals surface area contributed by atoms with Gasteiger partial charge in [0, 0.05) is 19.2 Å². The lowest BCUT2D eigenvalue weighted by molar-refractivity contribution is 0.708. The van der Waals surface area contributed by atoms with Crippen molar-refractivity contribution in [3.63, 3.8) is 0 Å². The number of benzene rings is 1. The maximum Gasteiger partial charge on any atom is 0.114 e. The molecular formula is C15H18N4S. The van der Waals surface area contributed by atoms with E-state index in [2.05, 4.69) is 51.2 Å². The Morgan fingerprint density at radius 3 is 3.05 bits per heavy atom. The van der Waals surface area contributed by atoms with Crippen LogP contribution in [0.25, 0.3) is 10.2 Å². The van der Waals surface area contributed by atoms with Gasteiger partial charge in [-0.3, -0.25) is 0 Å². The maximum atomic E-state index is 4.65. The fraction of sp³-hybridized carbons (Fsp3) is 0.333. The SMILES string of the molecule is CCNCCc1cn(Cc2nc3ccccc3s2)cn1. The lowest BCUT2D eigenvalue weighted by Gasteiger charge is -1.98. The number of para-hydroxylation sites is 1. The highest BCUT2D eigenvalue weighted by Gasteiger charge is 2.05. The fourth-order valence-corrected chi connectivity index (χ4v) is 3.14. The molecular weight excluding hydrogens is 268 g/mol. The lowest BCUT2D eigenvalue weighted by Crippen LogP contribution is -2.16. The number of hydrogen-bond donors (Lipinski definition) is 1. The van der Waals surface area contributed by atoms with Crippen molar-refractivity contribution < 1.29 is 0 Å². The zero-order valence-corrected chi connectivity index (χ0v) is 12.4. The van der Waals surface area contributed by atoms with Crippen LogP contribution in [0.3, 0.4) is 0 Å². The van der Waals surface area contributed by atoms with Crippen molar-refractivity contribution in [1.29, 1.82) is 0 Å². The molecule has 0 aliphatic carbocycles. The number of fused-ring (bicyclic) bond motifs is 1. The molecule has 0 amide bonds. The second-order valence-corrected chi connectivity index (χ2v) is 5.83. The standard InChI is InChI=1S/C15H18N4S/c1-2-16-8-7-12-9-19(11-17-12)10-15-18-13-5-3-4-6-14(13)20-15/h3-6,9,11,16H,2,7-8,10H2,1H3. The number of nitrogens with one attached hydrogen (secondary N) is 1. The average molecular weight is 286 g/mol. The van der Waals surface area contributed by atoms with Crippen LogP contribution < -0.4 is 5.32 Å². The van der Waals surface area contributed by atoms with Gasteiger partial charge in [-0.1, -0.05) is 19.1 Å². The molecule has 0 atom stereocenters. The summed E-state index contributed by atoms with van der Waals surface area (Å²) < 4.78 is 3.36. The van der Waals surface area contributed by atoms with E-state index >= 15 is 0 Å². The summed E-state index contributed by atoms with van der Waals surface area (Å²) >= 11 is 1.75. The number of imidazole rings is 1. The molecule has 0 spiro atoms. The molecule has 0 saturated carbocycles. The molecule has 5 heteroatoms. The molecule has 0 bridgehead atoms. The van der Waals surface area contributed by atoms with Crippen molar-refractivity contribution in [3.05, 3.63) is 47.5 Å². The van der Waals surface area contributed by atoms with E-state index in [-0.39, 0.29) is 0 Å². The van der Waals surface area contributed by atoms with Gasteiger partial charge in [-0.25, -0.2) is 9.97 Å². The molecule has 0 unspecified atom stereocenters. The summed E-state index contributed by atoms with van der Waals surface area (Å²) in [5, 5.41) is 4.44. The van der Waals surface area contributed by atoms with Crippen molar-refractivity contribution in [2.45, 2.75) is 19.9 Å². The minimum atomic E-state index is 0.799. The number of aromatic nitrogens is 3. The first-order valence-electron chi connectivity index (χ1n) is 6.91. The zero-order chi connectivity index (χ0) is 13.8. The first-order valence-corrected chi connectivity index (χ1v) is 7.72. The molecule has 1 N–H and O–H groups in total. The molecule has 0 radical (unpaired) electrons. The van der Waals surface area contributed by atoms with Crippen LogP contribution in [0.4, 0.5) is 0 Å². The molecule has 0 saturated heterocycles. The highest BCUT2D eigenvalue weighted by molar-refractivity contribution is 7.18. The zero-order valence-electron chi connectivity index (χ0n) is 11.5. The molecule has 20 heavy (non-hydrogen) atoms. The summed E-state index contributed by atoms with van der Waals surface area (Å²) in [6.07, 6.45) is 4.98. The second-order valence-electron chi connectivity index (χ2n) is 4.72. The van der Waals surface area contributed by atoms with Gasteiger partial charge in [0.25, 0.3) is 0 Å². The molecule has 4 nitrogen and oxygen atoms in total. The normalized spacial score (nSPS) is 11.2. The first-order chi connectivity index (χ1) is 9.85. The van der Waals surface area contributed by atoms with Crippen molar-refractivity contribution >= 4 is 21.6 Å². The van der Waals surface area contributed by atoms with Gasteiger partial charge in [-0.05, 0) is 18.7 Å². The highest BCUT2D eigenvalue weighted by atomic mass is 32.1. The average Bonchev–Trinajstić information content (AvgIpc) is 3.05. The van der Waals surface area contributed by atoms with Gasteiger partial charge in [0.05, 0.1) is 28.8 Å². The summed E-state index contributed by atoms with van der Waals surface area (Å²) in [6, 6.07) is 8.26. The fourth-order valence-electron chi connectivity index (χ4n) is 2.16. The van der Waals surface area contributed by atoms with Crippen LogP contribution in [0.2, 0.25) is 0 Å². The van der Waals surface area contributed by atoms with Gasteiger partial charge in [-0.2, -0.15) is 0 Å². The van der Waals surface area contributed by atoms with E-state index in [0.29, 0.717) is 0 Å². The van der Waals surface area contributed by atoms with Crippen LogP contribution >= 0.6 is 11.3 Å². The van der Waals surface area contributed by atoms with Gasteiger partial charge in [0.15, 0.2) is 0 Å². The van der Waals surface area contributed by atoms with Crippen molar-refractivity contribution in [2.75, 3.05) is 13.1 Å². The van der Waals surface area contributed by atoms with Crippen molar-refractivity contribution in [2.24, 2.45) is 0 Å².